The molecule has 1 aromatic heterocycles. The molecule has 0 atom stereocenters. The first-order valence-electron chi connectivity index (χ1n) is 5.83. The minimum Gasteiger partial charge on any atom is -0.370 e. The number of anilines is 1. The molecule has 0 saturated carbocycles. The molecule has 1 aromatic carbocycles. The van der Waals surface area contributed by atoms with Crippen LogP contribution in [0.15, 0.2) is 41.5 Å². The first kappa shape index (κ1) is 12.6. The predicted octanol–water partition coefficient (Wildman–Crippen LogP) is 2.63. The summed E-state index contributed by atoms with van der Waals surface area (Å²) in [7, 11) is 0. The number of hydrogen-bond donors (Lipinski definition) is 2. The average Bonchev–Trinajstić information content (AvgIpc) is 2.85. The van der Waals surface area contributed by atoms with Gasteiger partial charge in [-0.1, -0.05) is 25.1 Å². The Morgan fingerprint density at radius 3 is 2.83 bits per heavy atom. The van der Waals surface area contributed by atoms with Gasteiger partial charge in [0.05, 0.1) is 6.54 Å². The highest BCUT2D eigenvalue weighted by Gasteiger charge is 2.00. The van der Waals surface area contributed by atoms with E-state index in [1.165, 1.54) is 4.88 Å². The fraction of sp³-hybridized carbons (Fsp3) is 0.231. The predicted molar refractivity (Wildman–Crippen MR) is 76.9 cm³/mol. The van der Waals surface area contributed by atoms with E-state index in [1.807, 2.05) is 36.5 Å². The van der Waals surface area contributed by atoms with Crippen LogP contribution in [0.5, 0.6) is 0 Å². The molecule has 18 heavy (non-hydrogen) atoms. The van der Waals surface area contributed by atoms with Crippen molar-refractivity contribution >= 4 is 23.0 Å². The van der Waals surface area contributed by atoms with Crippen LogP contribution in [0, 0.1) is 0 Å². The lowest BCUT2D eigenvalue weighted by molar-refractivity contribution is 1.03. The van der Waals surface area contributed by atoms with Gasteiger partial charge in [0.2, 0.25) is 0 Å². The Kier molecular flexibility index (Phi) is 4.30. The second-order valence-corrected chi connectivity index (χ2v) is 4.97. The van der Waals surface area contributed by atoms with Crippen molar-refractivity contribution in [3.8, 4) is 0 Å². The van der Waals surface area contributed by atoms with Crippen LogP contribution in [0.25, 0.3) is 0 Å². The summed E-state index contributed by atoms with van der Waals surface area (Å²) in [6.45, 7) is 2.64. The number of guanidine groups is 1. The maximum Gasteiger partial charge on any atom is 0.193 e. The molecule has 0 spiro atoms. The molecule has 0 fully saturated rings. The lowest BCUT2D eigenvalue weighted by atomic mass is 10.3. The van der Waals surface area contributed by atoms with Gasteiger partial charge in [0, 0.05) is 16.8 Å². The summed E-state index contributed by atoms with van der Waals surface area (Å²) in [5.41, 5.74) is 6.75. The van der Waals surface area contributed by atoms with Crippen molar-refractivity contribution in [2.75, 3.05) is 5.32 Å². The van der Waals surface area contributed by atoms with Gasteiger partial charge in [-0.25, -0.2) is 9.98 Å². The third kappa shape index (κ3) is 3.56. The standard InChI is InChI=1S/C13H16N4S/c1-2-11-8-15-12(18-11)9-16-13(14)17-10-6-4-3-5-7-10/h3-8H,2,9H2,1H3,(H3,14,16,17). The lowest BCUT2D eigenvalue weighted by Crippen LogP contribution is -2.22. The Labute approximate surface area is 111 Å². The van der Waals surface area contributed by atoms with Crippen molar-refractivity contribution in [3.63, 3.8) is 0 Å². The van der Waals surface area contributed by atoms with Crippen LogP contribution in [0.4, 0.5) is 5.69 Å². The molecule has 1 heterocycles. The molecule has 0 aliphatic carbocycles. The largest absolute Gasteiger partial charge is 0.370 e. The molecule has 94 valence electrons. The first-order chi connectivity index (χ1) is 8.78. The summed E-state index contributed by atoms with van der Waals surface area (Å²) in [5, 5.41) is 4.03. The maximum absolute atomic E-state index is 5.81. The molecule has 0 aliphatic heterocycles. The van der Waals surface area contributed by atoms with Gasteiger partial charge in [-0.15, -0.1) is 11.3 Å². The fourth-order valence-electron chi connectivity index (χ4n) is 1.45. The number of nitrogens with two attached hydrogens (primary N) is 1. The van der Waals surface area contributed by atoms with E-state index < -0.39 is 0 Å². The third-order valence-corrected chi connectivity index (χ3v) is 3.51. The summed E-state index contributed by atoms with van der Waals surface area (Å²) >= 11 is 1.68. The highest BCUT2D eigenvalue weighted by Crippen LogP contribution is 2.14. The summed E-state index contributed by atoms with van der Waals surface area (Å²) in [6.07, 6.45) is 2.91. The lowest BCUT2D eigenvalue weighted by Gasteiger charge is -2.04. The van der Waals surface area contributed by atoms with Gasteiger partial charge in [-0.3, -0.25) is 0 Å². The Balaban J connectivity index is 1.93. The van der Waals surface area contributed by atoms with Gasteiger partial charge in [0.15, 0.2) is 5.96 Å². The number of hydrogen-bond acceptors (Lipinski definition) is 3. The van der Waals surface area contributed by atoms with Crippen molar-refractivity contribution in [1.29, 1.82) is 0 Å². The molecule has 3 N–H and O–H groups in total. The van der Waals surface area contributed by atoms with Crippen molar-refractivity contribution in [2.45, 2.75) is 19.9 Å². The van der Waals surface area contributed by atoms with E-state index in [0.717, 1.165) is 17.1 Å². The molecule has 0 bridgehead atoms. The topological polar surface area (TPSA) is 63.3 Å². The van der Waals surface area contributed by atoms with Crippen LogP contribution in [-0.4, -0.2) is 10.9 Å². The molecule has 0 saturated heterocycles. The molecule has 0 aliphatic rings. The number of benzene rings is 1. The monoisotopic (exact) mass is 260 g/mol. The van der Waals surface area contributed by atoms with Crippen molar-refractivity contribution in [1.82, 2.24) is 4.98 Å². The van der Waals surface area contributed by atoms with E-state index in [2.05, 4.69) is 22.2 Å². The minimum atomic E-state index is 0.412. The molecular weight excluding hydrogens is 244 g/mol. The number of nitrogens with one attached hydrogen (secondary N) is 1. The highest BCUT2D eigenvalue weighted by atomic mass is 32.1. The molecular formula is C13H16N4S. The first-order valence-corrected chi connectivity index (χ1v) is 6.65. The van der Waals surface area contributed by atoms with Crippen LogP contribution >= 0.6 is 11.3 Å². The summed E-state index contributed by atoms with van der Waals surface area (Å²) < 4.78 is 0. The van der Waals surface area contributed by atoms with Gasteiger partial charge >= 0.3 is 0 Å². The molecule has 0 radical (unpaired) electrons. The molecule has 0 amide bonds. The Morgan fingerprint density at radius 2 is 2.17 bits per heavy atom. The van der Waals surface area contributed by atoms with Crippen LogP contribution in [-0.2, 0) is 13.0 Å². The summed E-state index contributed by atoms with van der Waals surface area (Å²) in [4.78, 5) is 9.84. The second kappa shape index (κ2) is 6.16. The number of aromatic nitrogens is 1. The summed E-state index contributed by atoms with van der Waals surface area (Å²) in [6, 6.07) is 9.75. The number of aliphatic imine (C=N–C) groups is 1. The zero-order chi connectivity index (χ0) is 12.8. The van der Waals surface area contributed by atoms with E-state index in [1.54, 1.807) is 11.3 Å². The zero-order valence-electron chi connectivity index (χ0n) is 10.3. The van der Waals surface area contributed by atoms with Gasteiger partial charge in [-0.05, 0) is 18.6 Å². The Bertz CT molecular complexity index is 519. The fourth-order valence-corrected chi connectivity index (χ4v) is 2.23. The van der Waals surface area contributed by atoms with Gasteiger partial charge in [0.25, 0.3) is 0 Å². The molecule has 2 aromatic rings. The van der Waals surface area contributed by atoms with Crippen LogP contribution in [0.1, 0.15) is 16.8 Å². The second-order valence-electron chi connectivity index (χ2n) is 3.77. The van der Waals surface area contributed by atoms with Gasteiger partial charge < -0.3 is 11.1 Å². The Hall–Kier alpha value is -1.88. The van der Waals surface area contributed by atoms with E-state index in [-0.39, 0.29) is 0 Å². The van der Waals surface area contributed by atoms with Gasteiger partial charge in [-0.2, -0.15) is 0 Å². The maximum atomic E-state index is 5.81. The SMILES string of the molecule is CCc1cnc(CN=C(N)Nc2ccccc2)s1. The third-order valence-electron chi connectivity index (χ3n) is 2.38. The number of aryl methyl sites for hydroxylation is 1. The van der Waals surface area contributed by atoms with Crippen LogP contribution in [0.2, 0.25) is 0 Å². The van der Waals surface area contributed by atoms with Crippen molar-refractivity contribution < 1.29 is 0 Å². The molecule has 4 nitrogen and oxygen atoms in total. The zero-order valence-corrected chi connectivity index (χ0v) is 11.1. The quantitative estimate of drug-likeness (QED) is 0.656. The molecule has 0 unspecified atom stereocenters. The van der Waals surface area contributed by atoms with E-state index in [4.69, 9.17) is 5.73 Å². The van der Waals surface area contributed by atoms with E-state index in [9.17, 15) is 0 Å². The number of nitrogens with zero attached hydrogens (tertiary/aromatic N) is 2. The van der Waals surface area contributed by atoms with Crippen molar-refractivity contribution in [3.05, 3.63) is 46.4 Å². The average molecular weight is 260 g/mol. The number of rotatable bonds is 4. The smallest absolute Gasteiger partial charge is 0.193 e. The van der Waals surface area contributed by atoms with Gasteiger partial charge in [0.1, 0.15) is 5.01 Å². The number of para-hydroxylation sites is 1. The highest BCUT2D eigenvalue weighted by molar-refractivity contribution is 7.11. The Morgan fingerprint density at radius 1 is 1.39 bits per heavy atom. The summed E-state index contributed by atoms with van der Waals surface area (Å²) in [5.74, 6) is 0.412. The van der Waals surface area contributed by atoms with Crippen LogP contribution in [0.3, 0.4) is 0 Å². The number of thiazole rings is 1. The molecule has 5 heteroatoms. The van der Waals surface area contributed by atoms with Crippen molar-refractivity contribution in [2.24, 2.45) is 10.7 Å². The normalized spacial score (nSPS) is 11.5. The minimum absolute atomic E-state index is 0.412. The van der Waals surface area contributed by atoms with Crippen LogP contribution < -0.4 is 11.1 Å². The molecule has 2 rings (SSSR count). The van der Waals surface area contributed by atoms with E-state index >= 15 is 0 Å². The van der Waals surface area contributed by atoms with E-state index in [0.29, 0.717) is 12.5 Å².